The molecule has 1 unspecified atom stereocenters. The molecule has 4 heteroatoms. The van der Waals surface area contributed by atoms with Crippen molar-refractivity contribution in [3.8, 4) is 0 Å². The number of halogens is 1. The van der Waals surface area contributed by atoms with Crippen LogP contribution < -0.4 is 5.73 Å². The summed E-state index contributed by atoms with van der Waals surface area (Å²) in [7, 11) is 0. The van der Waals surface area contributed by atoms with Crippen molar-refractivity contribution in [3.05, 3.63) is 35.4 Å². The number of piperidine rings is 1. The lowest BCUT2D eigenvalue weighted by Gasteiger charge is -2.33. The summed E-state index contributed by atoms with van der Waals surface area (Å²) in [6, 6.07) is 8.92. The van der Waals surface area contributed by atoms with Crippen molar-refractivity contribution in [2.45, 2.75) is 58.4 Å². The Morgan fingerprint density at radius 2 is 1.74 bits per heavy atom. The van der Waals surface area contributed by atoms with Crippen LogP contribution in [0.5, 0.6) is 0 Å². The Bertz CT molecular complexity index is 477. The van der Waals surface area contributed by atoms with E-state index in [1.54, 1.807) is 0 Å². The maximum atomic E-state index is 12.3. The summed E-state index contributed by atoms with van der Waals surface area (Å²) in [6.45, 7) is 8.21. The predicted molar refractivity (Wildman–Crippen MR) is 99.1 cm³/mol. The Balaban J connectivity index is 0.00000264. The predicted octanol–water partition coefficient (Wildman–Crippen LogP) is 3.75. The molecule has 1 fully saturated rings. The Morgan fingerprint density at radius 3 is 2.22 bits per heavy atom. The molecule has 1 heterocycles. The molecule has 1 aliphatic rings. The number of carbonyl (C=O) groups is 1. The minimum Gasteiger partial charge on any atom is -0.343 e. The van der Waals surface area contributed by atoms with Gasteiger partial charge in [0.1, 0.15) is 0 Å². The fourth-order valence-corrected chi connectivity index (χ4v) is 3.15. The third-order valence-corrected chi connectivity index (χ3v) is 4.91. The van der Waals surface area contributed by atoms with Crippen LogP contribution in [0.2, 0.25) is 0 Å². The number of benzene rings is 1. The molecule has 23 heavy (non-hydrogen) atoms. The summed E-state index contributed by atoms with van der Waals surface area (Å²) in [5.74, 6) is 1.42. The fourth-order valence-electron chi connectivity index (χ4n) is 3.15. The van der Waals surface area contributed by atoms with Gasteiger partial charge >= 0.3 is 0 Å². The smallest absolute Gasteiger partial charge is 0.222 e. The van der Waals surface area contributed by atoms with Crippen LogP contribution in [0.15, 0.2) is 24.3 Å². The van der Waals surface area contributed by atoms with Crippen molar-refractivity contribution >= 4 is 18.3 Å². The van der Waals surface area contributed by atoms with E-state index in [4.69, 9.17) is 5.73 Å². The molecule has 2 rings (SSSR count). The van der Waals surface area contributed by atoms with Crippen molar-refractivity contribution in [2.24, 2.45) is 11.7 Å². The van der Waals surface area contributed by atoms with Gasteiger partial charge in [0.25, 0.3) is 0 Å². The molecular formula is C19H31ClN2O. The van der Waals surface area contributed by atoms with Crippen LogP contribution in [0.4, 0.5) is 0 Å². The lowest BCUT2D eigenvalue weighted by molar-refractivity contribution is -0.132. The van der Waals surface area contributed by atoms with E-state index >= 15 is 0 Å². The molecule has 3 nitrogen and oxygen atoms in total. The zero-order valence-corrected chi connectivity index (χ0v) is 15.4. The monoisotopic (exact) mass is 338 g/mol. The largest absolute Gasteiger partial charge is 0.343 e. The molecule has 0 spiro atoms. The van der Waals surface area contributed by atoms with Gasteiger partial charge in [-0.2, -0.15) is 0 Å². The average molecular weight is 339 g/mol. The highest BCUT2D eigenvalue weighted by molar-refractivity contribution is 5.85. The molecule has 0 aliphatic carbocycles. The van der Waals surface area contributed by atoms with E-state index in [1.807, 2.05) is 4.90 Å². The first-order valence-electron chi connectivity index (χ1n) is 8.59. The minimum atomic E-state index is 0. The second-order valence-corrected chi connectivity index (χ2v) is 6.97. The van der Waals surface area contributed by atoms with Crippen LogP contribution in [0, 0.1) is 5.92 Å². The number of likely N-dealkylation sites (tertiary alicyclic amines) is 1. The van der Waals surface area contributed by atoms with E-state index in [-0.39, 0.29) is 24.4 Å². The van der Waals surface area contributed by atoms with Crippen LogP contribution in [-0.4, -0.2) is 29.9 Å². The van der Waals surface area contributed by atoms with Gasteiger partial charge in [0.2, 0.25) is 5.91 Å². The van der Waals surface area contributed by atoms with Gasteiger partial charge in [0.15, 0.2) is 0 Å². The van der Waals surface area contributed by atoms with Gasteiger partial charge < -0.3 is 10.6 Å². The Hall–Kier alpha value is -1.06. The highest BCUT2D eigenvalue weighted by Gasteiger charge is 2.24. The van der Waals surface area contributed by atoms with Crippen molar-refractivity contribution < 1.29 is 4.79 Å². The van der Waals surface area contributed by atoms with Crippen molar-refractivity contribution in [1.29, 1.82) is 0 Å². The molecule has 1 aliphatic heterocycles. The maximum absolute atomic E-state index is 12.3. The quantitative estimate of drug-likeness (QED) is 0.888. The average Bonchev–Trinajstić information content (AvgIpc) is 2.53. The van der Waals surface area contributed by atoms with Gasteiger partial charge in [0, 0.05) is 25.6 Å². The van der Waals surface area contributed by atoms with E-state index in [0.29, 0.717) is 18.3 Å². The summed E-state index contributed by atoms with van der Waals surface area (Å²) in [4.78, 5) is 14.3. The standard InChI is InChI=1S/C19H30N2O.ClH/c1-14(2)17-7-4-16(5-8-17)6-9-19(22)21-12-10-18(11-13-21)15(3)20;/h4-5,7-8,14-15,18H,6,9-13,20H2,1-3H3;1H. The molecule has 1 amide bonds. The first-order chi connectivity index (χ1) is 10.5. The van der Waals surface area contributed by atoms with E-state index in [0.717, 1.165) is 32.4 Å². The fraction of sp³-hybridized carbons (Fsp3) is 0.632. The summed E-state index contributed by atoms with van der Waals surface area (Å²) in [5.41, 5.74) is 8.56. The lowest BCUT2D eigenvalue weighted by atomic mass is 9.91. The van der Waals surface area contributed by atoms with Crippen molar-refractivity contribution in [3.63, 3.8) is 0 Å². The zero-order chi connectivity index (χ0) is 16.1. The van der Waals surface area contributed by atoms with E-state index in [9.17, 15) is 4.79 Å². The van der Waals surface area contributed by atoms with Gasteiger partial charge in [-0.15, -0.1) is 12.4 Å². The Morgan fingerprint density at radius 1 is 1.17 bits per heavy atom. The molecule has 0 bridgehead atoms. The molecule has 0 aromatic heterocycles. The molecular weight excluding hydrogens is 308 g/mol. The molecule has 2 N–H and O–H groups in total. The van der Waals surface area contributed by atoms with Crippen LogP contribution in [0.1, 0.15) is 57.1 Å². The zero-order valence-electron chi connectivity index (χ0n) is 14.6. The second kappa shape index (κ2) is 9.29. The SMILES string of the molecule is CC(C)c1ccc(CCC(=O)N2CCC(C(C)N)CC2)cc1.Cl. The molecule has 1 saturated heterocycles. The third-order valence-electron chi connectivity index (χ3n) is 4.91. The molecule has 130 valence electrons. The molecule has 1 aromatic carbocycles. The highest BCUT2D eigenvalue weighted by Crippen LogP contribution is 2.21. The molecule has 0 saturated carbocycles. The Labute approximate surface area is 147 Å². The summed E-state index contributed by atoms with van der Waals surface area (Å²) in [5, 5.41) is 0. The number of hydrogen-bond acceptors (Lipinski definition) is 2. The summed E-state index contributed by atoms with van der Waals surface area (Å²) < 4.78 is 0. The number of carbonyl (C=O) groups excluding carboxylic acids is 1. The van der Waals surface area contributed by atoms with Gasteiger partial charge in [-0.3, -0.25) is 4.79 Å². The normalized spacial score (nSPS) is 17.0. The molecule has 1 atom stereocenters. The number of aryl methyl sites for hydroxylation is 1. The van der Waals surface area contributed by atoms with Crippen molar-refractivity contribution in [1.82, 2.24) is 4.90 Å². The van der Waals surface area contributed by atoms with Crippen LogP contribution in [0.25, 0.3) is 0 Å². The Kier molecular flexibility index (Phi) is 8.07. The van der Waals surface area contributed by atoms with Crippen LogP contribution >= 0.6 is 12.4 Å². The van der Waals surface area contributed by atoms with E-state index in [1.165, 1.54) is 11.1 Å². The number of nitrogens with two attached hydrogens (primary N) is 1. The van der Waals surface area contributed by atoms with E-state index < -0.39 is 0 Å². The van der Waals surface area contributed by atoms with Crippen LogP contribution in [-0.2, 0) is 11.2 Å². The summed E-state index contributed by atoms with van der Waals surface area (Å²) >= 11 is 0. The summed E-state index contributed by atoms with van der Waals surface area (Å²) in [6.07, 6.45) is 3.55. The molecule has 0 radical (unpaired) electrons. The highest BCUT2D eigenvalue weighted by atomic mass is 35.5. The lowest BCUT2D eigenvalue weighted by Crippen LogP contribution is -2.42. The van der Waals surface area contributed by atoms with Gasteiger partial charge in [-0.05, 0) is 49.1 Å². The number of rotatable bonds is 5. The first kappa shape index (κ1) is 20.0. The number of nitrogens with zero attached hydrogens (tertiary/aromatic N) is 1. The second-order valence-electron chi connectivity index (χ2n) is 6.97. The minimum absolute atomic E-state index is 0. The van der Waals surface area contributed by atoms with E-state index in [2.05, 4.69) is 45.0 Å². The third kappa shape index (κ3) is 5.82. The van der Waals surface area contributed by atoms with Crippen molar-refractivity contribution in [2.75, 3.05) is 13.1 Å². The number of hydrogen-bond donors (Lipinski definition) is 1. The van der Waals surface area contributed by atoms with Crippen LogP contribution in [0.3, 0.4) is 0 Å². The first-order valence-corrected chi connectivity index (χ1v) is 8.59. The van der Waals surface area contributed by atoms with Gasteiger partial charge in [-0.25, -0.2) is 0 Å². The van der Waals surface area contributed by atoms with Gasteiger partial charge in [-0.1, -0.05) is 38.1 Å². The van der Waals surface area contributed by atoms with Gasteiger partial charge in [0.05, 0.1) is 0 Å². The topological polar surface area (TPSA) is 46.3 Å². The maximum Gasteiger partial charge on any atom is 0.222 e. The number of amides is 1. The molecule has 1 aromatic rings.